The van der Waals surface area contributed by atoms with Gasteiger partial charge in [0.15, 0.2) is 0 Å². The van der Waals surface area contributed by atoms with E-state index in [-0.39, 0.29) is 23.8 Å². The zero-order chi connectivity index (χ0) is 15.5. The lowest BCUT2D eigenvalue weighted by molar-refractivity contribution is -0.122. The molecule has 1 fully saturated rings. The van der Waals surface area contributed by atoms with Crippen molar-refractivity contribution in [1.29, 1.82) is 0 Å². The van der Waals surface area contributed by atoms with Crippen LogP contribution >= 0.6 is 0 Å². The molecule has 1 saturated heterocycles. The minimum Gasteiger partial charge on any atom is -0.444 e. The lowest BCUT2D eigenvalue weighted by Crippen LogP contribution is -2.47. The summed E-state index contributed by atoms with van der Waals surface area (Å²) in [5.74, 6) is 0.134. The molecule has 1 aliphatic rings. The Kier molecular flexibility index (Phi) is 5.57. The van der Waals surface area contributed by atoms with Gasteiger partial charge in [-0.2, -0.15) is 0 Å². The van der Waals surface area contributed by atoms with Gasteiger partial charge in [0.05, 0.1) is 18.6 Å². The van der Waals surface area contributed by atoms with Crippen molar-refractivity contribution in [2.45, 2.75) is 65.7 Å². The third-order valence-electron chi connectivity index (χ3n) is 3.09. The Balaban J connectivity index is 2.72. The van der Waals surface area contributed by atoms with Crippen molar-refractivity contribution in [3.63, 3.8) is 0 Å². The summed E-state index contributed by atoms with van der Waals surface area (Å²) < 4.78 is 10.5. The molecule has 0 aromatic heterocycles. The van der Waals surface area contributed by atoms with Crippen LogP contribution in [-0.2, 0) is 14.3 Å². The average Bonchev–Trinajstić information content (AvgIpc) is 2.96. The summed E-state index contributed by atoms with van der Waals surface area (Å²) in [5, 5.41) is 2.85. The van der Waals surface area contributed by atoms with Crippen LogP contribution in [0.4, 0.5) is 4.79 Å². The Bertz CT molecular complexity index is 355. The van der Waals surface area contributed by atoms with Gasteiger partial charge in [0.1, 0.15) is 11.4 Å². The van der Waals surface area contributed by atoms with E-state index in [1.807, 2.05) is 20.8 Å². The second-order valence-electron chi connectivity index (χ2n) is 6.89. The highest BCUT2D eigenvalue weighted by Crippen LogP contribution is 2.27. The smallest absolute Gasteiger partial charge is 0.407 e. The number of ether oxygens (including phenoxy) is 2. The normalized spacial score (nSPS) is 21.2. The zero-order valence-corrected chi connectivity index (χ0v) is 13.4. The quantitative estimate of drug-likeness (QED) is 0.761. The van der Waals surface area contributed by atoms with Crippen LogP contribution in [0.15, 0.2) is 0 Å². The second kappa shape index (κ2) is 6.57. The van der Waals surface area contributed by atoms with Gasteiger partial charge in [-0.3, -0.25) is 4.79 Å². The molecular formula is C15H27NO4. The lowest BCUT2D eigenvalue weighted by Gasteiger charge is -2.28. The summed E-state index contributed by atoms with van der Waals surface area (Å²) in [5.41, 5.74) is -0.547. The molecule has 20 heavy (non-hydrogen) atoms. The van der Waals surface area contributed by atoms with E-state index in [0.29, 0.717) is 12.5 Å². The van der Waals surface area contributed by atoms with Gasteiger partial charge in [-0.15, -0.1) is 0 Å². The summed E-state index contributed by atoms with van der Waals surface area (Å²) in [6.07, 6.45) is 0.185. The third-order valence-corrected chi connectivity index (χ3v) is 3.09. The van der Waals surface area contributed by atoms with Crippen molar-refractivity contribution in [1.82, 2.24) is 5.32 Å². The third kappa shape index (κ3) is 5.90. The van der Waals surface area contributed by atoms with Crippen molar-refractivity contribution in [2.24, 2.45) is 11.8 Å². The van der Waals surface area contributed by atoms with Gasteiger partial charge in [0, 0.05) is 6.04 Å². The second-order valence-corrected chi connectivity index (χ2v) is 6.89. The minimum atomic E-state index is -0.547. The molecule has 0 aliphatic carbocycles. The van der Waals surface area contributed by atoms with E-state index in [0.717, 1.165) is 6.42 Å². The van der Waals surface area contributed by atoms with E-state index in [1.54, 1.807) is 6.92 Å². The molecule has 3 atom stereocenters. The SMILES string of the molecule is CC(=O)[C@@H](C1CO1)[C@H](CC(C)C)NC(=O)OC(C)(C)C. The van der Waals surface area contributed by atoms with Crippen molar-refractivity contribution < 1.29 is 19.1 Å². The maximum Gasteiger partial charge on any atom is 0.407 e. The predicted molar refractivity (Wildman–Crippen MR) is 76.5 cm³/mol. The molecule has 1 aliphatic heterocycles. The van der Waals surface area contributed by atoms with Crippen LogP contribution in [-0.4, -0.2) is 36.2 Å². The number of amides is 1. The van der Waals surface area contributed by atoms with E-state index in [4.69, 9.17) is 9.47 Å². The maximum atomic E-state index is 11.9. The molecule has 1 unspecified atom stereocenters. The number of epoxide rings is 1. The number of alkyl carbamates (subject to hydrolysis) is 1. The fourth-order valence-corrected chi connectivity index (χ4v) is 2.33. The van der Waals surface area contributed by atoms with Crippen molar-refractivity contribution in [3.05, 3.63) is 0 Å². The van der Waals surface area contributed by atoms with Crippen LogP contribution in [0, 0.1) is 11.8 Å². The Morgan fingerprint density at radius 1 is 1.35 bits per heavy atom. The summed E-state index contributed by atoms with van der Waals surface area (Å²) >= 11 is 0. The highest BCUT2D eigenvalue weighted by atomic mass is 16.6. The summed E-state index contributed by atoms with van der Waals surface area (Å²) in [7, 11) is 0. The number of carbonyl (C=O) groups is 2. The zero-order valence-electron chi connectivity index (χ0n) is 13.4. The largest absolute Gasteiger partial charge is 0.444 e. The molecular weight excluding hydrogens is 258 g/mol. The van der Waals surface area contributed by atoms with Gasteiger partial charge < -0.3 is 14.8 Å². The number of Topliss-reactive ketones (excluding diaryl/α,β-unsaturated/α-hetero) is 1. The highest BCUT2D eigenvalue weighted by molar-refractivity contribution is 5.81. The van der Waals surface area contributed by atoms with E-state index in [9.17, 15) is 9.59 Å². The fourth-order valence-electron chi connectivity index (χ4n) is 2.33. The number of rotatable bonds is 6. The van der Waals surface area contributed by atoms with Crippen LogP contribution < -0.4 is 5.32 Å². The molecule has 5 nitrogen and oxygen atoms in total. The molecule has 0 aromatic carbocycles. The Labute approximate surface area is 121 Å². The van der Waals surface area contributed by atoms with Crippen LogP contribution in [0.1, 0.15) is 48.0 Å². The first-order valence-corrected chi connectivity index (χ1v) is 7.21. The highest BCUT2D eigenvalue weighted by Gasteiger charge is 2.42. The van der Waals surface area contributed by atoms with Gasteiger partial charge in [0.25, 0.3) is 0 Å². The molecule has 5 heteroatoms. The Morgan fingerprint density at radius 3 is 2.25 bits per heavy atom. The molecule has 0 bridgehead atoms. The number of hydrogen-bond acceptors (Lipinski definition) is 4. The summed E-state index contributed by atoms with van der Waals surface area (Å²) in [6, 6.07) is -0.241. The Hall–Kier alpha value is -1.10. The van der Waals surface area contributed by atoms with Crippen LogP contribution in [0.5, 0.6) is 0 Å². The summed E-state index contributed by atoms with van der Waals surface area (Å²) in [4.78, 5) is 23.8. The summed E-state index contributed by atoms with van der Waals surface area (Å²) in [6.45, 7) is 11.7. The average molecular weight is 285 g/mol. The topological polar surface area (TPSA) is 67.9 Å². The van der Waals surface area contributed by atoms with Crippen molar-refractivity contribution >= 4 is 11.9 Å². The van der Waals surface area contributed by atoms with E-state index in [1.165, 1.54) is 0 Å². The van der Waals surface area contributed by atoms with Crippen LogP contribution in [0.25, 0.3) is 0 Å². The van der Waals surface area contributed by atoms with Crippen LogP contribution in [0.3, 0.4) is 0 Å². The van der Waals surface area contributed by atoms with Gasteiger partial charge in [0.2, 0.25) is 0 Å². The van der Waals surface area contributed by atoms with E-state index in [2.05, 4.69) is 19.2 Å². The van der Waals surface area contributed by atoms with Crippen LogP contribution in [0.2, 0.25) is 0 Å². The standard InChI is InChI=1S/C15H27NO4/c1-9(2)7-11(13(10(3)17)12-8-19-12)16-14(18)20-15(4,5)6/h9,11-13H,7-8H2,1-6H3,(H,16,18)/t11-,12?,13+/m0/s1. The molecule has 0 saturated carbocycles. The molecule has 0 aromatic rings. The minimum absolute atomic E-state index is 0.0502. The molecule has 0 radical (unpaired) electrons. The molecule has 0 spiro atoms. The predicted octanol–water partition coefficient (Wildman–Crippen LogP) is 2.53. The molecule has 1 heterocycles. The number of ketones is 1. The molecule has 1 amide bonds. The van der Waals surface area contributed by atoms with E-state index < -0.39 is 11.7 Å². The molecule has 1 N–H and O–H groups in total. The molecule has 1 rings (SSSR count). The number of carbonyl (C=O) groups excluding carboxylic acids is 2. The van der Waals surface area contributed by atoms with Crippen molar-refractivity contribution in [2.75, 3.05) is 6.61 Å². The number of hydrogen-bond donors (Lipinski definition) is 1. The van der Waals surface area contributed by atoms with Gasteiger partial charge in [-0.25, -0.2) is 4.79 Å². The first kappa shape index (κ1) is 17.0. The van der Waals surface area contributed by atoms with Gasteiger partial charge >= 0.3 is 6.09 Å². The fraction of sp³-hybridized carbons (Fsp3) is 0.867. The number of nitrogens with one attached hydrogen (secondary N) is 1. The van der Waals surface area contributed by atoms with E-state index >= 15 is 0 Å². The maximum absolute atomic E-state index is 11.9. The lowest BCUT2D eigenvalue weighted by atomic mass is 9.87. The Morgan fingerprint density at radius 2 is 1.90 bits per heavy atom. The first-order valence-electron chi connectivity index (χ1n) is 7.21. The van der Waals surface area contributed by atoms with Gasteiger partial charge in [-0.05, 0) is 40.0 Å². The monoisotopic (exact) mass is 285 g/mol. The van der Waals surface area contributed by atoms with Crippen molar-refractivity contribution in [3.8, 4) is 0 Å². The molecule has 116 valence electrons. The van der Waals surface area contributed by atoms with Gasteiger partial charge in [-0.1, -0.05) is 13.8 Å². The first-order chi connectivity index (χ1) is 9.10.